The van der Waals surface area contributed by atoms with E-state index in [-0.39, 0.29) is 42.6 Å². The van der Waals surface area contributed by atoms with Crippen molar-refractivity contribution in [3.8, 4) is 40.1 Å². The van der Waals surface area contributed by atoms with Gasteiger partial charge in [-0.05, 0) is 56.0 Å². The van der Waals surface area contributed by atoms with Crippen LogP contribution in [0.4, 0.5) is 0 Å². The van der Waals surface area contributed by atoms with Crippen molar-refractivity contribution >= 4 is 22.9 Å². The molecule has 55 heavy (non-hydrogen) atoms. The smallest absolute Gasteiger partial charge is 0.306 e. The molecule has 288 valence electrons. The van der Waals surface area contributed by atoms with E-state index in [9.17, 15) is 45.0 Å². The zero-order chi connectivity index (χ0) is 39.4. The molecule has 6 rings (SSSR count). The van der Waals surface area contributed by atoms with E-state index >= 15 is 0 Å². The van der Waals surface area contributed by atoms with Gasteiger partial charge in [0.05, 0.1) is 6.61 Å². The second-order valence-electron chi connectivity index (χ2n) is 13.3. The van der Waals surface area contributed by atoms with Gasteiger partial charge in [0.2, 0.25) is 23.6 Å². The number of aliphatic hydroxyl groups is 2. The summed E-state index contributed by atoms with van der Waals surface area (Å²) >= 11 is 0. The van der Waals surface area contributed by atoms with Crippen molar-refractivity contribution in [2.24, 2.45) is 0 Å². The normalized spacial score (nSPS) is 19.5. The lowest BCUT2D eigenvalue weighted by Gasteiger charge is -2.42. The summed E-state index contributed by atoms with van der Waals surface area (Å²) < 4.78 is 29.5. The van der Waals surface area contributed by atoms with E-state index in [1.807, 2.05) is 62.4 Å². The van der Waals surface area contributed by atoms with Gasteiger partial charge in [0.25, 0.3) is 0 Å². The number of hydrogen-bond acceptors (Lipinski definition) is 14. The van der Waals surface area contributed by atoms with Crippen molar-refractivity contribution < 1.29 is 63.6 Å². The van der Waals surface area contributed by atoms with Crippen LogP contribution in [0.1, 0.15) is 35.1 Å². The lowest BCUT2D eigenvalue weighted by Crippen LogP contribution is -2.62. The Balaban J connectivity index is 1.39. The van der Waals surface area contributed by atoms with E-state index < -0.39 is 88.8 Å². The van der Waals surface area contributed by atoms with Crippen LogP contribution in [0, 0.1) is 13.8 Å². The summed E-state index contributed by atoms with van der Waals surface area (Å²) in [7, 11) is 0. The zero-order valence-electron chi connectivity index (χ0n) is 29.9. The number of ether oxygens (including phenoxy) is 4. The van der Waals surface area contributed by atoms with Crippen molar-refractivity contribution in [2.45, 2.75) is 70.2 Å². The van der Waals surface area contributed by atoms with E-state index in [1.54, 1.807) is 0 Å². The van der Waals surface area contributed by atoms with Crippen LogP contribution in [0.25, 0.3) is 22.3 Å². The van der Waals surface area contributed by atoms with Gasteiger partial charge in [-0.2, -0.15) is 0 Å². The van der Waals surface area contributed by atoms with Crippen LogP contribution in [0.5, 0.6) is 28.7 Å². The molecule has 2 heterocycles. The van der Waals surface area contributed by atoms with Crippen molar-refractivity contribution in [1.29, 1.82) is 0 Å². The molecule has 1 saturated heterocycles. The molecule has 0 spiro atoms. The van der Waals surface area contributed by atoms with Crippen molar-refractivity contribution in [2.75, 3.05) is 6.61 Å². The molecule has 0 unspecified atom stereocenters. The van der Waals surface area contributed by atoms with E-state index in [0.717, 1.165) is 46.5 Å². The fraction of sp³-hybridized carbons (Fsp3) is 0.293. The second-order valence-corrected chi connectivity index (χ2v) is 13.3. The average molecular weight is 757 g/mol. The van der Waals surface area contributed by atoms with Crippen LogP contribution in [0.15, 0.2) is 88.1 Å². The van der Waals surface area contributed by atoms with Gasteiger partial charge in [0.15, 0.2) is 23.4 Å². The molecule has 1 aromatic heterocycles. The van der Waals surface area contributed by atoms with Gasteiger partial charge in [0, 0.05) is 30.5 Å². The number of benzene rings is 4. The summed E-state index contributed by atoms with van der Waals surface area (Å²) in [5.41, 5.74) is 2.41. The number of phenolic OH excluding ortho intramolecular Hbond substituents is 4. The van der Waals surface area contributed by atoms with Crippen molar-refractivity contribution in [1.82, 2.24) is 0 Å². The number of aryl methyl sites for hydroxylation is 4. The SMILES string of the molecule is Cc1ccc(CCC(=O)O[C@H]2[C@H](Oc3c(-c4ccc(O)c(O)c4)oc4cc(O)cc(O)c4c3=O)O[C@H](CO)[C@@H](O)[C@@H]2OC(=O)CCc2ccc(C)cc2)cc1. The lowest BCUT2D eigenvalue weighted by molar-refractivity contribution is -0.286. The molecule has 14 heteroatoms. The molecule has 0 amide bonds. The van der Waals surface area contributed by atoms with Gasteiger partial charge < -0.3 is 54.0 Å². The predicted molar refractivity (Wildman–Crippen MR) is 196 cm³/mol. The predicted octanol–water partition coefficient (Wildman–Crippen LogP) is 4.45. The highest BCUT2D eigenvalue weighted by Crippen LogP contribution is 2.40. The lowest BCUT2D eigenvalue weighted by atomic mass is 9.98. The fourth-order valence-corrected chi connectivity index (χ4v) is 6.17. The number of aliphatic hydroxyl groups excluding tert-OH is 2. The Labute approximate surface area is 314 Å². The molecule has 1 fully saturated rings. The molecular formula is C41H40O14. The van der Waals surface area contributed by atoms with Crippen LogP contribution < -0.4 is 10.2 Å². The molecule has 0 radical (unpaired) electrons. The summed E-state index contributed by atoms with van der Waals surface area (Å²) in [6.07, 6.45) is -8.25. The molecule has 0 aliphatic carbocycles. The maximum absolute atomic E-state index is 14.1. The summed E-state index contributed by atoms with van der Waals surface area (Å²) in [6, 6.07) is 20.4. The molecule has 0 bridgehead atoms. The third kappa shape index (κ3) is 8.83. The number of rotatable bonds is 12. The van der Waals surface area contributed by atoms with Gasteiger partial charge in [0.1, 0.15) is 34.7 Å². The van der Waals surface area contributed by atoms with Gasteiger partial charge in [-0.3, -0.25) is 14.4 Å². The summed E-state index contributed by atoms with van der Waals surface area (Å²) in [6.45, 7) is 3.03. The molecular weight excluding hydrogens is 716 g/mol. The Kier molecular flexibility index (Phi) is 11.6. The Bertz CT molecular complexity index is 2230. The minimum Gasteiger partial charge on any atom is -0.508 e. The van der Waals surface area contributed by atoms with Crippen molar-refractivity contribution in [3.63, 3.8) is 0 Å². The topological polar surface area (TPSA) is 223 Å². The first-order chi connectivity index (χ1) is 26.3. The average Bonchev–Trinajstić information content (AvgIpc) is 3.15. The first kappa shape index (κ1) is 38.6. The number of carbonyl (C=O) groups is 2. The maximum Gasteiger partial charge on any atom is 0.306 e. The highest BCUT2D eigenvalue weighted by Gasteiger charge is 2.51. The number of hydrogen-bond donors (Lipinski definition) is 6. The molecule has 5 aromatic rings. The zero-order valence-corrected chi connectivity index (χ0v) is 29.9. The molecule has 1 aliphatic rings. The number of phenols is 4. The number of aromatic hydroxyl groups is 4. The quantitative estimate of drug-likeness (QED) is 0.0765. The third-order valence-corrected chi connectivity index (χ3v) is 9.20. The first-order valence-corrected chi connectivity index (χ1v) is 17.5. The molecule has 14 nitrogen and oxygen atoms in total. The molecule has 5 atom stereocenters. The van der Waals surface area contributed by atoms with E-state index in [1.165, 1.54) is 6.07 Å². The third-order valence-electron chi connectivity index (χ3n) is 9.20. The Morgan fingerprint density at radius 3 is 1.87 bits per heavy atom. The Morgan fingerprint density at radius 1 is 0.727 bits per heavy atom. The highest BCUT2D eigenvalue weighted by atomic mass is 16.7. The Hall–Kier alpha value is -6.09. The Morgan fingerprint density at radius 2 is 1.31 bits per heavy atom. The summed E-state index contributed by atoms with van der Waals surface area (Å²) in [4.78, 5) is 40.9. The van der Waals surface area contributed by atoms with Crippen LogP contribution in [0.3, 0.4) is 0 Å². The fourth-order valence-electron chi connectivity index (χ4n) is 6.17. The van der Waals surface area contributed by atoms with E-state index in [4.69, 9.17) is 23.4 Å². The number of fused-ring (bicyclic) bond motifs is 1. The van der Waals surface area contributed by atoms with Crippen molar-refractivity contribution in [3.05, 3.63) is 111 Å². The van der Waals surface area contributed by atoms with Gasteiger partial charge in [-0.1, -0.05) is 59.7 Å². The standard InChI is InChI=1S/C41H40O14/c1-21-3-7-23(8-4-21)11-15-32(47)53-38-35(49)31(20-42)52-41(40(38)54-33(48)16-12-24-9-5-22(2)6-10-24)55-39-36(50)34-29(46)18-26(43)19-30(34)51-37(39)25-13-14-27(44)28(45)17-25/h3-10,13-14,17-19,31,35,38,40-46,49H,11-12,15-16,20H2,1-2H3/t31-,35-,38+,40-,41+/m1/s1. The van der Waals surface area contributed by atoms with Gasteiger partial charge in [-0.15, -0.1) is 0 Å². The monoisotopic (exact) mass is 756 g/mol. The minimum atomic E-state index is -1.86. The number of carbonyl (C=O) groups excluding carboxylic acids is 2. The van der Waals surface area contributed by atoms with Crippen LogP contribution >= 0.6 is 0 Å². The van der Waals surface area contributed by atoms with E-state index in [0.29, 0.717) is 0 Å². The van der Waals surface area contributed by atoms with Crippen LogP contribution in [0.2, 0.25) is 0 Å². The summed E-state index contributed by atoms with van der Waals surface area (Å²) in [5, 5.41) is 62.2. The summed E-state index contributed by atoms with van der Waals surface area (Å²) in [5.74, 6) is -4.85. The second kappa shape index (κ2) is 16.5. The maximum atomic E-state index is 14.1. The molecule has 4 aromatic carbocycles. The highest BCUT2D eigenvalue weighted by molar-refractivity contribution is 5.88. The molecule has 6 N–H and O–H groups in total. The largest absolute Gasteiger partial charge is 0.508 e. The van der Waals surface area contributed by atoms with E-state index in [2.05, 4.69) is 0 Å². The van der Waals surface area contributed by atoms with Crippen LogP contribution in [-0.4, -0.2) is 79.9 Å². The van der Waals surface area contributed by atoms with Crippen LogP contribution in [-0.2, 0) is 36.6 Å². The van der Waals surface area contributed by atoms with Gasteiger partial charge >= 0.3 is 11.9 Å². The first-order valence-electron chi connectivity index (χ1n) is 17.5. The van der Waals surface area contributed by atoms with Gasteiger partial charge in [-0.25, -0.2) is 0 Å². The molecule has 1 aliphatic heterocycles. The number of esters is 2. The minimum absolute atomic E-state index is 0.0209. The molecule has 0 saturated carbocycles.